The molecule has 0 heterocycles. The minimum Gasteiger partial charge on any atom is -0.316 e. The summed E-state index contributed by atoms with van der Waals surface area (Å²) >= 11 is 0. The fraction of sp³-hybridized carbons (Fsp3) is 0.571. The zero-order valence-electron chi connectivity index (χ0n) is 11.5. The van der Waals surface area contributed by atoms with Crippen LogP contribution in [0.4, 0.5) is 0 Å². The number of nitrogens with one attached hydrogen (secondary N) is 2. The van der Waals surface area contributed by atoms with Crippen molar-refractivity contribution in [1.29, 1.82) is 0 Å². The van der Waals surface area contributed by atoms with Gasteiger partial charge in [0, 0.05) is 12.6 Å². The van der Waals surface area contributed by atoms with E-state index in [1.54, 1.807) is 6.92 Å². The second-order valence-corrected chi connectivity index (χ2v) is 7.29. The Bertz CT molecular complexity index is 503. The van der Waals surface area contributed by atoms with Gasteiger partial charge in [0.2, 0.25) is 10.0 Å². The minimum atomic E-state index is -3.25. The van der Waals surface area contributed by atoms with Crippen molar-refractivity contribution in [2.75, 3.05) is 13.1 Å². The Morgan fingerprint density at radius 3 is 2.37 bits per heavy atom. The van der Waals surface area contributed by atoms with E-state index in [1.165, 1.54) is 11.1 Å². The zero-order valence-corrected chi connectivity index (χ0v) is 12.3. The van der Waals surface area contributed by atoms with Crippen LogP contribution in [-0.2, 0) is 22.9 Å². The summed E-state index contributed by atoms with van der Waals surface area (Å²) < 4.78 is 27.2. The molecule has 1 aliphatic rings. The van der Waals surface area contributed by atoms with Crippen molar-refractivity contribution >= 4 is 10.0 Å². The highest BCUT2D eigenvalue weighted by atomic mass is 32.2. The quantitative estimate of drug-likeness (QED) is 0.820. The summed E-state index contributed by atoms with van der Waals surface area (Å²) in [7, 11) is -3.25. The molecule has 2 rings (SSSR count). The standard InChI is InChI=1S/C14H22N2O2S/c1-3-15-10-11(2)19(17,18)16-14-8-12-6-4-5-7-13(12)9-14/h4-7,11,14-16H,3,8-10H2,1-2H3. The number of hydrogen-bond acceptors (Lipinski definition) is 3. The molecule has 0 saturated carbocycles. The van der Waals surface area contributed by atoms with E-state index in [2.05, 4.69) is 22.2 Å². The second kappa shape index (κ2) is 6.03. The average molecular weight is 282 g/mol. The van der Waals surface area contributed by atoms with E-state index >= 15 is 0 Å². The maximum atomic E-state index is 12.2. The Labute approximate surface area is 115 Å². The minimum absolute atomic E-state index is 0.00600. The van der Waals surface area contributed by atoms with Crippen molar-refractivity contribution in [3.8, 4) is 0 Å². The third kappa shape index (κ3) is 3.55. The summed E-state index contributed by atoms with van der Waals surface area (Å²) in [6, 6.07) is 8.16. The topological polar surface area (TPSA) is 58.2 Å². The smallest absolute Gasteiger partial charge is 0.215 e. The van der Waals surface area contributed by atoms with Crippen molar-refractivity contribution in [3.05, 3.63) is 35.4 Å². The predicted molar refractivity (Wildman–Crippen MR) is 77.7 cm³/mol. The molecule has 0 saturated heterocycles. The Hall–Kier alpha value is -0.910. The Morgan fingerprint density at radius 1 is 1.26 bits per heavy atom. The van der Waals surface area contributed by atoms with Crippen LogP contribution in [0.15, 0.2) is 24.3 Å². The Balaban J connectivity index is 1.96. The van der Waals surface area contributed by atoms with Gasteiger partial charge in [0.05, 0.1) is 5.25 Å². The number of fused-ring (bicyclic) bond motifs is 1. The third-order valence-electron chi connectivity index (χ3n) is 3.59. The van der Waals surface area contributed by atoms with Crippen molar-refractivity contribution in [2.24, 2.45) is 0 Å². The van der Waals surface area contributed by atoms with Gasteiger partial charge in [0.15, 0.2) is 0 Å². The summed E-state index contributed by atoms with van der Waals surface area (Å²) in [5, 5.41) is 2.67. The second-order valence-electron chi connectivity index (χ2n) is 5.16. The van der Waals surface area contributed by atoms with Crippen LogP contribution in [0, 0.1) is 0 Å². The molecule has 1 unspecified atom stereocenters. The molecule has 1 aliphatic carbocycles. The van der Waals surface area contributed by atoms with E-state index in [0.29, 0.717) is 6.54 Å². The highest BCUT2D eigenvalue weighted by molar-refractivity contribution is 7.90. The van der Waals surface area contributed by atoms with E-state index in [9.17, 15) is 8.42 Å². The highest BCUT2D eigenvalue weighted by Crippen LogP contribution is 2.22. The molecule has 0 aliphatic heterocycles. The van der Waals surface area contributed by atoms with E-state index < -0.39 is 15.3 Å². The number of rotatable bonds is 6. The van der Waals surface area contributed by atoms with Gasteiger partial charge < -0.3 is 5.32 Å². The molecule has 0 fully saturated rings. The predicted octanol–water partition coefficient (Wildman–Crippen LogP) is 1.07. The van der Waals surface area contributed by atoms with Gasteiger partial charge in [-0.3, -0.25) is 0 Å². The average Bonchev–Trinajstić information content (AvgIpc) is 2.76. The van der Waals surface area contributed by atoms with Gasteiger partial charge in [-0.15, -0.1) is 0 Å². The molecule has 1 aromatic carbocycles. The Kier molecular flexibility index (Phi) is 4.60. The molecule has 1 aromatic rings. The number of hydrogen-bond donors (Lipinski definition) is 2. The lowest BCUT2D eigenvalue weighted by molar-refractivity contribution is 0.538. The van der Waals surface area contributed by atoms with Gasteiger partial charge in [0.1, 0.15) is 0 Å². The van der Waals surface area contributed by atoms with Crippen LogP contribution in [0.25, 0.3) is 0 Å². The first kappa shape index (κ1) is 14.5. The molecule has 0 aromatic heterocycles. The number of benzene rings is 1. The first-order chi connectivity index (χ1) is 9.03. The molecular weight excluding hydrogens is 260 g/mol. The molecule has 5 heteroatoms. The molecule has 106 valence electrons. The van der Waals surface area contributed by atoms with Crippen molar-refractivity contribution < 1.29 is 8.42 Å². The summed E-state index contributed by atoms with van der Waals surface area (Å²) in [5.41, 5.74) is 2.52. The molecule has 0 amide bonds. The van der Waals surface area contributed by atoms with Gasteiger partial charge in [-0.2, -0.15) is 0 Å². The SMILES string of the molecule is CCNCC(C)S(=O)(=O)NC1Cc2ccccc2C1. The van der Waals surface area contributed by atoms with Crippen LogP contribution in [0.5, 0.6) is 0 Å². The maximum Gasteiger partial charge on any atom is 0.215 e. The van der Waals surface area contributed by atoms with Gasteiger partial charge in [-0.05, 0) is 37.4 Å². The lowest BCUT2D eigenvalue weighted by atomic mass is 10.1. The molecule has 1 atom stereocenters. The summed E-state index contributed by atoms with van der Waals surface area (Å²) in [5.74, 6) is 0. The molecule has 2 N–H and O–H groups in total. The lowest BCUT2D eigenvalue weighted by Crippen LogP contribution is -2.44. The number of sulfonamides is 1. The van der Waals surface area contributed by atoms with Crippen LogP contribution in [0.3, 0.4) is 0 Å². The van der Waals surface area contributed by atoms with Crippen LogP contribution >= 0.6 is 0 Å². The van der Waals surface area contributed by atoms with Crippen LogP contribution < -0.4 is 10.0 Å². The van der Waals surface area contributed by atoms with Crippen molar-refractivity contribution in [1.82, 2.24) is 10.0 Å². The van der Waals surface area contributed by atoms with E-state index in [1.807, 2.05) is 19.1 Å². The normalized spacial score (nSPS) is 17.4. The van der Waals surface area contributed by atoms with Gasteiger partial charge in [-0.1, -0.05) is 31.2 Å². The van der Waals surface area contributed by atoms with Gasteiger partial charge in [0.25, 0.3) is 0 Å². The van der Waals surface area contributed by atoms with Crippen molar-refractivity contribution in [3.63, 3.8) is 0 Å². The van der Waals surface area contributed by atoms with Crippen LogP contribution in [0.1, 0.15) is 25.0 Å². The third-order valence-corrected chi connectivity index (χ3v) is 5.48. The molecular formula is C14H22N2O2S. The summed E-state index contributed by atoms with van der Waals surface area (Å²) in [4.78, 5) is 0. The van der Waals surface area contributed by atoms with Gasteiger partial charge >= 0.3 is 0 Å². The van der Waals surface area contributed by atoms with E-state index in [0.717, 1.165) is 19.4 Å². The highest BCUT2D eigenvalue weighted by Gasteiger charge is 2.28. The molecule has 4 nitrogen and oxygen atoms in total. The van der Waals surface area contributed by atoms with Crippen LogP contribution in [-0.4, -0.2) is 32.8 Å². The molecule has 19 heavy (non-hydrogen) atoms. The monoisotopic (exact) mass is 282 g/mol. The first-order valence-electron chi connectivity index (χ1n) is 6.81. The zero-order chi connectivity index (χ0) is 13.9. The fourth-order valence-electron chi connectivity index (χ4n) is 2.45. The Morgan fingerprint density at radius 2 is 1.84 bits per heavy atom. The summed E-state index contributed by atoms with van der Waals surface area (Å²) in [6.45, 7) is 4.99. The molecule has 0 radical (unpaired) electrons. The van der Waals surface area contributed by atoms with Gasteiger partial charge in [-0.25, -0.2) is 13.1 Å². The molecule has 0 spiro atoms. The largest absolute Gasteiger partial charge is 0.316 e. The maximum absolute atomic E-state index is 12.2. The lowest BCUT2D eigenvalue weighted by Gasteiger charge is -2.18. The first-order valence-corrected chi connectivity index (χ1v) is 8.36. The van der Waals surface area contributed by atoms with Crippen LogP contribution in [0.2, 0.25) is 0 Å². The van der Waals surface area contributed by atoms with E-state index in [4.69, 9.17) is 0 Å². The fourth-order valence-corrected chi connectivity index (χ4v) is 3.65. The summed E-state index contributed by atoms with van der Waals surface area (Å²) in [6.07, 6.45) is 1.59. The van der Waals surface area contributed by atoms with E-state index in [-0.39, 0.29) is 6.04 Å². The molecule has 0 bridgehead atoms. The van der Waals surface area contributed by atoms with Crippen molar-refractivity contribution in [2.45, 2.75) is 38.0 Å².